The summed E-state index contributed by atoms with van der Waals surface area (Å²) in [6.07, 6.45) is 0. The van der Waals surface area contributed by atoms with Gasteiger partial charge in [-0.25, -0.2) is 0 Å². The van der Waals surface area contributed by atoms with Crippen molar-refractivity contribution in [1.82, 2.24) is 4.90 Å². The van der Waals surface area contributed by atoms with Gasteiger partial charge in [-0.05, 0) is 24.0 Å². The van der Waals surface area contributed by atoms with Gasteiger partial charge in [0, 0.05) is 29.5 Å². The van der Waals surface area contributed by atoms with E-state index in [9.17, 15) is 14.7 Å². The first-order valence-corrected chi connectivity index (χ1v) is 8.60. The lowest BCUT2D eigenvalue weighted by Crippen LogP contribution is -2.43. The van der Waals surface area contributed by atoms with Gasteiger partial charge in [-0.2, -0.15) is 0 Å². The molecule has 0 radical (unpaired) electrons. The van der Waals surface area contributed by atoms with Crippen molar-refractivity contribution in [1.29, 1.82) is 0 Å². The number of aromatic hydroxyl groups is 1. The molecule has 0 bridgehead atoms. The number of nitrogens with one attached hydrogen (secondary N) is 1. The fraction of sp³-hybridized carbons (Fsp3) is 0.400. The number of rotatable bonds is 5. The molecule has 134 valence electrons. The van der Waals surface area contributed by atoms with E-state index in [0.717, 1.165) is 0 Å². The average Bonchev–Trinajstić information content (AvgIpc) is 2.53. The van der Waals surface area contributed by atoms with Crippen molar-refractivity contribution in [3.63, 3.8) is 0 Å². The van der Waals surface area contributed by atoms with Crippen LogP contribution in [0.5, 0.6) is 5.75 Å². The standard InChI is InChI=1S/C20H26N2O3/c1-13(2)11-22(12-14(3)4)20(25)19(24)21-17-9-5-8-16-15(17)7-6-10-18(16)23/h5-10,13-14,23H,11-12H2,1-4H3,(H,21,24). The van der Waals surface area contributed by atoms with E-state index >= 15 is 0 Å². The Hall–Kier alpha value is -2.56. The summed E-state index contributed by atoms with van der Waals surface area (Å²) in [5.41, 5.74) is 0.515. The van der Waals surface area contributed by atoms with E-state index in [-0.39, 0.29) is 17.6 Å². The molecule has 2 amide bonds. The Bertz CT molecular complexity index is 759. The fourth-order valence-corrected chi connectivity index (χ4v) is 2.84. The molecule has 5 nitrogen and oxygen atoms in total. The Morgan fingerprint density at radius 2 is 1.52 bits per heavy atom. The number of fused-ring (bicyclic) bond motifs is 1. The minimum atomic E-state index is -0.655. The van der Waals surface area contributed by atoms with Crippen LogP contribution in [0.4, 0.5) is 5.69 Å². The van der Waals surface area contributed by atoms with Crippen molar-refractivity contribution in [2.45, 2.75) is 27.7 Å². The first-order valence-electron chi connectivity index (χ1n) is 8.60. The van der Waals surface area contributed by atoms with Gasteiger partial charge in [0.15, 0.2) is 0 Å². The zero-order chi connectivity index (χ0) is 18.6. The molecule has 0 unspecified atom stereocenters. The minimum absolute atomic E-state index is 0.140. The Kier molecular flexibility index (Phi) is 6.02. The van der Waals surface area contributed by atoms with Crippen molar-refractivity contribution in [3.05, 3.63) is 36.4 Å². The number of hydrogen-bond acceptors (Lipinski definition) is 3. The van der Waals surface area contributed by atoms with Gasteiger partial charge in [-0.1, -0.05) is 52.0 Å². The molecular weight excluding hydrogens is 316 g/mol. The van der Waals surface area contributed by atoms with E-state index < -0.39 is 11.8 Å². The summed E-state index contributed by atoms with van der Waals surface area (Å²) in [4.78, 5) is 26.7. The molecule has 0 aliphatic rings. The SMILES string of the molecule is CC(C)CN(CC(C)C)C(=O)C(=O)Nc1cccc2c(O)cccc12. The summed E-state index contributed by atoms with van der Waals surface area (Å²) in [5.74, 6) is -0.479. The van der Waals surface area contributed by atoms with Crippen LogP contribution in [-0.2, 0) is 9.59 Å². The fourth-order valence-electron chi connectivity index (χ4n) is 2.84. The van der Waals surface area contributed by atoms with Crippen LogP contribution in [-0.4, -0.2) is 34.9 Å². The molecule has 0 aliphatic heterocycles. The molecule has 0 spiro atoms. The Balaban J connectivity index is 2.23. The minimum Gasteiger partial charge on any atom is -0.507 e. The number of phenols is 1. The van der Waals surface area contributed by atoms with Crippen LogP contribution in [0.1, 0.15) is 27.7 Å². The molecular formula is C20H26N2O3. The summed E-state index contributed by atoms with van der Waals surface area (Å²) in [6.45, 7) is 9.16. The van der Waals surface area contributed by atoms with E-state index in [4.69, 9.17) is 0 Å². The van der Waals surface area contributed by atoms with Crippen molar-refractivity contribution in [2.24, 2.45) is 11.8 Å². The number of anilines is 1. The third-order valence-corrected chi connectivity index (χ3v) is 3.80. The van der Waals surface area contributed by atoms with Crippen LogP contribution in [0.2, 0.25) is 0 Å². The topological polar surface area (TPSA) is 69.6 Å². The number of amides is 2. The second-order valence-electron chi connectivity index (χ2n) is 7.13. The number of carbonyl (C=O) groups excluding carboxylic acids is 2. The van der Waals surface area contributed by atoms with Crippen molar-refractivity contribution in [2.75, 3.05) is 18.4 Å². The predicted octanol–water partition coefficient (Wildman–Crippen LogP) is 3.62. The molecule has 5 heteroatoms. The Morgan fingerprint density at radius 1 is 0.960 bits per heavy atom. The summed E-state index contributed by atoms with van der Waals surface area (Å²) >= 11 is 0. The Morgan fingerprint density at radius 3 is 2.12 bits per heavy atom. The summed E-state index contributed by atoms with van der Waals surface area (Å²) in [7, 11) is 0. The molecule has 0 aliphatic carbocycles. The highest BCUT2D eigenvalue weighted by atomic mass is 16.3. The molecule has 2 rings (SSSR count). The second kappa shape index (κ2) is 8.01. The van der Waals surface area contributed by atoms with Crippen molar-refractivity contribution < 1.29 is 14.7 Å². The number of benzene rings is 2. The molecule has 0 atom stereocenters. The molecule has 0 fully saturated rings. The van der Waals surface area contributed by atoms with Crippen molar-refractivity contribution >= 4 is 28.3 Å². The van der Waals surface area contributed by atoms with E-state index in [0.29, 0.717) is 29.5 Å². The van der Waals surface area contributed by atoms with E-state index in [1.54, 1.807) is 41.3 Å². The van der Waals surface area contributed by atoms with Crippen LogP contribution >= 0.6 is 0 Å². The lowest BCUT2D eigenvalue weighted by atomic mass is 10.1. The number of hydrogen-bond donors (Lipinski definition) is 2. The third-order valence-electron chi connectivity index (χ3n) is 3.80. The first-order chi connectivity index (χ1) is 11.8. The van der Waals surface area contributed by atoms with E-state index in [2.05, 4.69) is 5.32 Å². The van der Waals surface area contributed by atoms with Crippen LogP contribution < -0.4 is 5.32 Å². The van der Waals surface area contributed by atoms with E-state index in [1.165, 1.54) is 0 Å². The number of nitrogens with zero attached hydrogens (tertiary/aromatic N) is 1. The van der Waals surface area contributed by atoms with Gasteiger partial charge in [0.05, 0.1) is 0 Å². The van der Waals surface area contributed by atoms with Gasteiger partial charge in [0.1, 0.15) is 5.75 Å². The summed E-state index contributed by atoms with van der Waals surface area (Å²) in [6, 6.07) is 10.3. The largest absolute Gasteiger partial charge is 0.507 e. The molecule has 25 heavy (non-hydrogen) atoms. The Labute approximate surface area is 148 Å². The predicted molar refractivity (Wildman–Crippen MR) is 100 cm³/mol. The van der Waals surface area contributed by atoms with Gasteiger partial charge in [0.25, 0.3) is 0 Å². The second-order valence-corrected chi connectivity index (χ2v) is 7.13. The highest BCUT2D eigenvalue weighted by Crippen LogP contribution is 2.29. The van der Waals surface area contributed by atoms with Crippen molar-refractivity contribution in [3.8, 4) is 5.75 Å². The lowest BCUT2D eigenvalue weighted by molar-refractivity contribution is -0.143. The molecule has 0 heterocycles. The highest BCUT2D eigenvalue weighted by Gasteiger charge is 2.23. The maximum atomic E-state index is 12.6. The van der Waals surface area contributed by atoms with Crippen LogP contribution in [0, 0.1) is 11.8 Å². The quantitative estimate of drug-likeness (QED) is 0.815. The van der Waals surface area contributed by atoms with E-state index in [1.807, 2.05) is 27.7 Å². The maximum absolute atomic E-state index is 12.6. The molecule has 0 saturated carbocycles. The van der Waals surface area contributed by atoms with Gasteiger partial charge in [-0.15, -0.1) is 0 Å². The number of carbonyl (C=O) groups is 2. The van der Waals surface area contributed by atoms with Gasteiger partial charge < -0.3 is 15.3 Å². The van der Waals surface area contributed by atoms with Gasteiger partial charge >= 0.3 is 11.8 Å². The highest BCUT2D eigenvalue weighted by molar-refractivity contribution is 6.40. The average molecular weight is 342 g/mol. The zero-order valence-electron chi connectivity index (χ0n) is 15.2. The summed E-state index contributed by atoms with van der Waals surface area (Å²) in [5, 5.41) is 14.0. The zero-order valence-corrected chi connectivity index (χ0v) is 15.2. The van der Waals surface area contributed by atoms with Crippen LogP contribution in [0.15, 0.2) is 36.4 Å². The normalized spacial score (nSPS) is 11.1. The number of phenolic OH excluding ortho intramolecular Hbond substituents is 1. The first kappa shape index (κ1) is 18.8. The van der Waals surface area contributed by atoms with Gasteiger partial charge in [-0.3, -0.25) is 9.59 Å². The maximum Gasteiger partial charge on any atom is 0.313 e. The molecule has 0 aromatic heterocycles. The molecule has 0 saturated heterocycles. The molecule has 2 aromatic carbocycles. The van der Waals surface area contributed by atoms with Crippen LogP contribution in [0.25, 0.3) is 10.8 Å². The molecule has 2 aromatic rings. The smallest absolute Gasteiger partial charge is 0.313 e. The summed E-state index contributed by atoms with van der Waals surface area (Å²) < 4.78 is 0. The van der Waals surface area contributed by atoms with Crippen LogP contribution in [0.3, 0.4) is 0 Å². The molecule has 2 N–H and O–H groups in total. The monoisotopic (exact) mass is 342 g/mol. The third kappa shape index (κ3) is 4.72. The van der Waals surface area contributed by atoms with Gasteiger partial charge in [0.2, 0.25) is 0 Å². The lowest BCUT2D eigenvalue weighted by Gasteiger charge is -2.25.